The molecule has 1 aliphatic heterocycles. The van der Waals surface area contributed by atoms with Crippen LogP contribution in [0.4, 0.5) is 24.5 Å². The first-order valence-corrected chi connectivity index (χ1v) is 12.2. The van der Waals surface area contributed by atoms with Crippen LogP contribution in [0.1, 0.15) is 28.8 Å². The number of anilines is 2. The number of hydrogen-bond donors (Lipinski definition) is 1. The van der Waals surface area contributed by atoms with E-state index in [0.29, 0.717) is 6.07 Å². The third-order valence-corrected chi connectivity index (χ3v) is 7.58. The summed E-state index contributed by atoms with van der Waals surface area (Å²) in [6.07, 6.45) is -4.13. The molecule has 196 valence electrons. The number of fused-ring (bicyclic) bond motifs is 1. The predicted molar refractivity (Wildman–Crippen MR) is 130 cm³/mol. The van der Waals surface area contributed by atoms with E-state index in [9.17, 15) is 32.3 Å². The van der Waals surface area contributed by atoms with Gasteiger partial charge >= 0.3 is 12.1 Å². The van der Waals surface area contributed by atoms with Gasteiger partial charge in [0.15, 0.2) is 6.61 Å². The number of esters is 1. The van der Waals surface area contributed by atoms with Crippen LogP contribution in [0.5, 0.6) is 0 Å². The Morgan fingerprint density at radius 2 is 1.62 bits per heavy atom. The molecule has 4 rings (SSSR count). The van der Waals surface area contributed by atoms with E-state index in [2.05, 4.69) is 5.32 Å². The van der Waals surface area contributed by atoms with Crippen LogP contribution in [0.25, 0.3) is 0 Å². The molecule has 0 bridgehead atoms. The molecule has 1 saturated heterocycles. The molecule has 3 amide bonds. The van der Waals surface area contributed by atoms with Crippen LogP contribution in [0.15, 0.2) is 42.5 Å². The standard InChI is InChI=1S/C24H18Cl3F3N2O5/c25-16-5-4-12(24(28,29)30)7-19(16)31-20(33)10-37-23(36)11-2-1-3-13(6-11)32-21(34)14-8-17(26)18(27)9-15(14)22(32)35/h1-7,14-15,17-18H,8-10H2,(H,31,33)/t14-,15+,17+,18-. The minimum atomic E-state index is -4.64. The van der Waals surface area contributed by atoms with E-state index in [4.69, 9.17) is 39.5 Å². The molecule has 0 unspecified atom stereocenters. The van der Waals surface area contributed by atoms with Gasteiger partial charge in [-0.05, 0) is 49.2 Å². The highest BCUT2D eigenvalue weighted by molar-refractivity contribution is 6.33. The first-order chi connectivity index (χ1) is 17.4. The maximum absolute atomic E-state index is 12.9. The van der Waals surface area contributed by atoms with Crippen LogP contribution in [0.2, 0.25) is 5.02 Å². The molecular weight excluding hydrogens is 560 g/mol. The topological polar surface area (TPSA) is 92.8 Å². The predicted octanol–water partition coefficient (Wildman–Crippen LogP) is 5.27. The molecule has 1 heterocycles. The summed E-state index contributed by atoms with van der Waals surface area (Å²) in [7, 11) is 0. The first kappa shape index (κ1) is 27.2. The molecule has 13 heteroatoms. The highest BCUT2D eigenvalue weighted by Gasteiger charge is 2.52. The van der Waals surface area contributed by atoms with Gasteiger partial charge in [0.1, 0.15) is 0 Å². The zero-order valence-corrected chi connectivity index (χ0v) is 21.0. The molecule has 1 saturated carbocycles. The normalized spacial score (nSPS) is 23.6. The van der Waals surface area contributed by atoms with E-state index in [1.165, 1.54) is 24.3 Å². The molecule has 1 N–H and O–H groups in total. The van der Waals surface area contributed by atoms with Crippen molar-refractivity contribution in [1.29, 1.82) is 0 Å². The van der Waals surface area contributed by atoms with Crippen LogP contribution in [0, 0.1) is 11.8 Å². The highest BCUT2D eigenvalue weighted by Crippen LogP contribution is 2.43. The SMILES string of the molecule is O=C(COC(=O)c1cccc(N2C(=O)[C@H]3C[C@@H](Cl)[C@@H](Cl)C[C@H]3C2=O)c1)Nc1cc(C(F)(F)F)ccc1Cl. The fourth-order valence-electron chi connectivity index (χ4n) is 4.32. The highest BCUT2D eigenvalue weighted by atomic mass is 35.5. The minimum absolute atomic E-state index is 0.0525. The largest absolute Gasteiger partial charge is 0.452 e. The third kappa shape index (κ3) is 5.71. The number of nitrogens with zero attached hydrogens (tertiary/aromatic N) is 1. The van der Waals surface area contributed by atoms with Crippen molar-refractivity contribution in [3.05, 3.63) is 58.6 Å². The van der Waals surface area contributed by atoms with Gasteiger partial charge in [-0.15, -0.1) is 23.2 Å². The Balaban J connectivity index is 1.42. The number of rotatable bonds is 5. The summed E-state index contributed by atoms with van der Waals surface area (Å²) in [6, 6.07) is 7.94. The number of imide groups is 1. The number of nitrogens with one attached hydrogen (secondary N) is 1. The van der Waals surface area contributed by atoms with Crippen molar-refractivity contribution >= 4 is 69.9 Å². The Morgan fingerprint density at radius 3 is 2.22 bits per heavy atom. The zero-order chi connectivity index (χ0) is 27.1. The molecule has 0 aromatic heterocycles. The second-order valence-electron chi connectivity index (χ2n) is 8.60. The van der Waals surface area contributed by atoms with E-state index in [0.717, 1.165) is 17.0 Å². The summed E-state index contributed by atoms with van der Waals surface area (Å²) in [5.74, 6) is -3.96. The molecule has 0 radical (unpaired) electrons. The van der Waals surface area contributed by atoms with Gasteiger partial charge in [0, 0.05) is 0 Å². The Hall–Kier alpha value is -2.82. The molecule has 1 aliphatic carbocycles. The van der Waals surface area contributed by atoms with E-state index in [1.807, 2.05) is 0 Å². The number of halogens is 6. The minimum Gasteiger partial charge on any atom is -0.452 e. The van der Waals surface area contributed by atoms with E-state index < -0.39 is 64.6 Å². The monoisotopic (exact) mass is 576 g/mol. The first-order valence-electron chi connectivity index (χ1n) is 11.0. The maximum atomic E-state index is 12.9. The Kier molecular flexibility index (Phi) is 7.73. The average Bonchev–Trinajstić information content (AvgIpc) is 3.07. The van der Waals surface area contributed by atoms with E-state index in [-0.39, 0.29) is 34.8 Å². The zero-order valence-electron chi connectivity index (χ0n) is 18.7. The Morgan fingerprint density at radius 1 is 1.00 bits per heavy atom. The fourth-order valence-corrected chi connectivity index (χ4v) is 5.07. The average molecular weight is 578 g/mol. The smallest absolute Gasteiger partial charge is 0.416 e. The summed E-state index contributed by atoms with van der Waals surface area (Å²) in [6.45, 7) is -0.824. The van der Waals surface area contributed by atoms with Gasteiger partial charge < -0.3 is 10.1 Å². The molecule has 7 nitrogen and oxygen atoms in total. The molecule has 37 heavy (non-hydrogen) atoms. The quantitative estimate of drug-likeness (QED) is 0.297. The van der Waals surface area contributed by atoms with Gasteiger partial charge in [-0.25, -0.2) is 4.79 Å². The summed E-state index contributed by atoms with van der Waals surface area (Å²) in [4.78, 5) is 51.6. The number of benzene rings is 2. The summed E-state index contributed by atoms with van der Waals surface area (Å²) < 4.78 is 43.7. The van der Waals surface area contributed by atoms with Crippen LogP contribution < -0.4 is 10.2 Å². The van der Waals surface area contributed by atoms with Crippen molar-refractivity contribution in [1.82, 2.24) is 0 Å². The molecule has 2 aliphatic rings. The Labute approximate surface area is 223 Å². The number of alkyl halides is 5. The van der Waals surface area contributed by atoms with Gasteiger partial charge in [-0.1, -0.05) is 17.7 Å². The van der Waals surface area contributed by atoms with Gasteiger partial charge in [0.05, 0.1) is 50.1 Å². The molecular formula is C24H18Cl3F3N2O5. The van der Waals surface area contributed by atoms with E-state index >= 15 is 0 Å². The van der Waals surface area contributed by atoms with Crippen LogP contribution >= 0.6 is 34.8 Å². The van der Waals surface area contributed by atoms with Crippen molar-refractivity contribution in [3.8, 4) is 0 Å². The summed E-state index contributed by atoms with van der Waals surface area (Å²) >= 11 is 18.2. The van der Waals surface area contributed by atoms with Crippen LogP contribution in [-0.2, 0) is 25.3 Å². The maximum Gasteiger partial charge on any atom is 0.416 e. The third-order valence-electron chi connectivity index (χ3n) is 6.15. The van der Waals surface area contributed by atoms with Crippen LogP contribution in [0.3, 0.4) is 0 Å². The number of ether oxygens (including phenoxy) is 1. The lowest BCUT2D eigenvalue weighted by atomic mass is 9.80. The van der Waals surface area contributed by atoms with Crippen molar-refractivity contribution in [3.63, 3.8) is 0 Å². The van der Waals surface area contributed by atoms with Crippen molar-refractivity contribution in [2.24, 2.45) is 11.8 Å². The number of amides is 3. The van der Waals surface area contributed by atoms with Crippen molar-refractivity contribution < 1.29 is 37.1 Å². The number of hydrogen-bond acceptors (Lipinski definition) is 5. The molecule has 0 spiro atoms. The van der Waals surface area contributed by atoms with Crippen molar-refractivity contribution in [2.45, 2.75) is 29.8 Å². The fraction of sp³-hybridized carbons (Fsp3) is 0.333. The molecule has 2 aromatic rings. The molecule has 2 aromatic carbocycles. The van der Waals surface area contributed by atoms with Gasteiger partial charge in [-0.2, -0.15) is 13.2 Å². The Bertz CT molecular complexity index is 1240. The van der Waals surface area contributed by atoms with E-state index in [1.54, 1.807) is 0 Å². The lowest BCUT2D eigenvalue weighted by molar-refractivity contribution is -0.137. The molecule has 2 fully saturated rings. The summed E-state index contributed by atoms with van der Waals surface area (Å²) in [5, 5.41) is 1.14. The lowest BCUT2D eigenvalue weighted by Gasteiger charge is -2.28. The summed E-state index contributed by atoms with van der Waals surface area (Å²) in [5.41, 5.74) is -1.22. The van der Waals surface area contributed by atoms with Crippen LogP contribution in [-0.4, -0.2) is 41.1 Å². The van der Waals surface area contributed by atoms with Gasteiger partial charge in [0.25, 0.3) is 5.91 Å². The lowest BCUT2D eigenvalue weighted by Crippen LogP contribution is -2.34. The van der Waals surface area contributed by atoms with Gasteiger partial charge in [-0.3, -0.25) is 19.3 Å². The second-order valence-corrected chi connectivity index (χ2v) is 10.1. The van der Waals surface area contributed by atoms with Crippen molar-refractivity contribution in [2.75, 3.05) is 16.8 Å². The van der Waals surface area contributed by atoms with Gasteiger partial charge in [0.2, 0.25) is 11.8 Å². The number of carbonyl (C=O) groups excluding carboxylic acids is 4. The molecule has 4 atom stereocenters. The second kappa shape index (κ2) is 10.5. The number of carbonyl (C=O) groups is 4.